The van der Waals surface area contributed by atoms with E-state index in [1.54, 1.807) is 6.07 Å². The number of halogens is 1. The Balaban J connectivity index is 1.85. The summed E-state index contributed by atoms with van der Waals surface area (Å²) in [5, 5.41) is 3.41. The molecule has 2 nitrogen and oxygen atoms in total. The van der Waals surface area contributed by atoms with Crippen molar-refractivity contribution >= 4 is 0 Å². The van der Waals surface area contributed by atoms with Crippen LogP contribution >= 0.6 is 0 Å². The van der Waals surface area contributed by atoms with E-state index in [4.69, 9.17) is 4.74 Å². The number of nitrogens with one attached hydrogen (secondary N) is 1. The summed E-state index contributed by atoms with van der Waals surface area (Å²) in [6.45, 7) is 4.00. The molecule has 0 spiro atoms. The van der Waals surface area contributed by atoms with Crippen molar-refractivity contribution in [1.29, 1.82) is 0 Å². The first-order valence-electron chi connectivity index (χ1n) is 6.22. The summed E-state index contributed by atoms with van der Waals surface area (Å²) >= 11 is 0. The molecule has 17 heavy (non-hydrogen) atoms. The fourth-order valence-corrected chi connectivity index (χ4v) is 2.12. The molecule has 0 heterocycles. The van der Waals surface area contributed by atoms with Gasteiger partial charge in [0.2, 0.25) is 0 Å². The molecule has 0 radical (unpaired) electrons. The van der Waals surface area contributed by atoms with E-state index >= 15 is 0 Å². The van der Waals surface area contributed by atoms with Gasteiger partial charge in [0, 0.05) is 13.1 Å². The minimum atomic E-state index is -0.288. The summed E-state index contributed by atoms with van der Waals surface area (Å²) in [6.07, 6.45) is 3.89. The van der Waals surface area contributed by atoms with Gasteiger partial charge in [-0.2, -0.15) is 0 Å². The van der Waals surface area contributed by atoms with Crippen LogP contribution in [0.4, 0.5) is 4.39 Å². The third-order valence-electron chi connectivity index (χ3n) is 3.75. The number of hydrogen-bond donors (Lipinski definition) is 1. The normalized spacial score (nSPS) is 16.9. The van der Waals surface area contributed by atoms with E-state index in [9.17, 15) is 4.39 Å². The van der Waals surface area contributed by atoms with Crippen LogP contribution in [0.1, 0.15) is 31.7 Å². The molecule has 0 bridgehead atoms. The van der Waals surface area contributed by atoms with Crippen molar-refractivity contribution in [2.24, 2.45) is 5.41 Å². The highest BCUT2D eigenvalue weighted by molar-refractivity contribution is 5.29. The molecule has 1 aromatic rings. The molecule has 1 N–H and O–H groups in total. The fourth-order valence-electron chi connectivity index (χ4n) is 2.12. The van der Waals surface area contributed by atoms with Crippen molar-refractivity contribution in [2.45, 2.75) is 32.7 Å². The van der Waals surface area contributed by atoms with E-state index < -0.39 is 0 Å². The van der Waals surface area contributed by atoms with E-state index in [1.165, 1.54) is 32.4 Å². The van der Waals surface area contributed by atoms with Crippen LogP contribution in [0.2, 0.25) is 0 Å². The average molecular weight is 237 g/mol. The Morgan fingerprint density at radius 1 is 1.41 bits per heavy atom. The molecule has 0 unspecified atom stereocenters. The standard InChI is InChI=1S/C14H20FNO/c1-3-14(6-7-14)10-16-9-11-4-5-13(17-2)12(15)8-11/h4-5,8,16H,3,6-7,9-10H2,1-2H3. The van der Waals surface area contributed by atoms with Gasteiger partial charge in [0.15, 0.2) is 11.6 Å². The molecule has 1 aromatic carbocycles. The third-order valence-corrected chi connectivity index (χ3v) is 3.75. The molecule has 2 rings (SSSR count). The van der Waals surface area contributed by atoms with Crippen molar-refractivity contribution in [2.75, 3.05) is 13.7 Å². The summed E-state index contributed by atoms with van der Waals surface area (Å²) in [7, 11) is 1.48. The molecule has 1 aliphatic carbocycles. The largest absolute Gasteiger partial charge is 0.494 e. The fraction of sp³-hybridized carbons (Fsp3) is 0.571. The molecule has 1 fully saturated rings. The van der Waals surface area contributed by atoms with Crippen molar-refractivity contribution in [3.8, 4) is 5.75 Å². The average Bonchev–Trinajstić information content (AvgIpc) is 3.10. The second-order valence-corrected chi connectivity index (χ2v) is 4.93. The van der Waals surface area contributed by atoms with E-state index in [-0.39, 0.29) is 5.82 Å². The predicted molar refractivity (Wildman–Crippen MR) is 66.6 cm³/mol. The van der Waals surface area contributed by atoms with Gasteiger partial charge in [0.1, 0.15) is 0 Å². The highest BCUT2D eigenvalue weighted by atomic mass is 19.1. The summed E-state index contributed by atoms with van der Waals surface area (Å²) in [4.78, 5) is 0. The summed E-state index contributed by atoms with van der Waals surface area (Å²) in [5.74, 6) is 0.0180. The van der Waals surface area contributed by atoms with Crippen molar-refractivity contribution < 1.29 is 9.13 Å². The number of hydrogen-bond acceptors (Lipinski definition) is 2. The van der Waals surface area contributed by atoms with Crippen LogP contribution in [0.5, 0.6) is 5.75 Å². The first kappa shape index (κ1) is 12.4. The molecule has 94 valence electrons. The summed E-state index contributed by atoms with van der Waals surface area (Å²) in [5.41, 5.74) is 1.50. The van der Waals surface area contributed by atoms with Gasteiger partial charge in [-0.05, 0) is 42.4 Å². The lowest BCUT2D eigenvalue weighted by Crippen LogP contribution is -2.23. The van der Waals surface area contributed by atoms with Crippen LogP contribution in [0.25, 0.3) is 0 Å². The van der Waals surface area contributed by atoms with Crippen molar-refractivity contribution in [3.05, 3.63) is 29.6 Å². The molecule has 0 amide bonds. The first-order valence-corrected chi connectivity index (χ1v) is 6.22. The van der Waals surface area contributed by atoms with E-state index in [1.807, 2.05) is 6.07 Å². The van der Waals surface area contributed by atoms with Gasteiger partial charge in [-0.25, -0.2) is 4.39 Å². The van der Waals surface area contributed by atoms with Crippen LogP contribution in [-0.4, -0.2) is 13.7 Å². The Kier molecular flexibility index (Phi) is 3.67. The van der Waals surface area contributed by atoms with E-state index in [2.05, 4.69) is 12.2 Å². The zero-order valence-electron chi connectivity index (χ0n) is 10.6. The Morgan fingerprint density at radius 3 is 2.71 bits per heavy atom. The zero-order valence-corrected chi connectivity index (χ0v) is 10.6. The maximum Gasteiger partial charge on any atom is 0.165 e. The Hall–Kier alpha value is -1.09. The molecule has 0 aliphatic heterocycles. The molecule has 0 aromatic heterocycles. The van der Waals surface area contributed by atoms with E-state index in [0.717, 1.165) is 18.7 Å². The van der Waals surface area contributed by atoms with Gasteiger partial charge in [-0.15, -0.1) is 0 Å². The van der Waals surface area contributed by atoms with Gasteiger partial charge in [-0.3, -0.25) is 0 Å². The third kappa shape index (κ3) is 2.97. The lowest BCUT2D eigenvalue weighted by molar-refractivity contribution is 0.385. The molecule has 1 saturated carbocycles. The molecular weight excluding hydrogens is 217 g/mol. The number of rotatable bonds is 6. The smallest absolute Gasteiger partial charge is 0.165 e. The van der Waals surface area contributed by atoms with Crippen LogP contribution in [-0.2, 0) is 6.54 Å². The van der Waals surface area contributed by atoms with Crippen LogP contribution < -0.4 is 10.1 Å². The summed E-state index contributed by atoms with van der Waals surface area (Å²) in [6, 6.07) is 5.12. The van der Waals surface area contributed by atoms with Crippen LogP contribution in [0.15, 0.2) is 18.2 Å². The monoisotopic (exact) mass is 237 g/mol. The Bertz CT molecular complexity index is 388. The highest BCUT2D eigenvalue weighted by Crippen LogP contribution is 2.47. The molecular formula is C14H20FNO. The molecule has 0 saturated heterocycles. The second-order valence-electron chi connectivity index (χ2n) is 4.93. The second kappa shape index (κ2) is 5.05. The van der Waals surface area contributed by atoms with Crippen LogP contribution in [0, 0.1) is 11.2 Å². The number of methoxy groups -OCH3 is 1. The van der Waals surface area contributed by atoms with Gasteiger partial charge >= 0.3 is 0 Å². The minimum absolute atomic E-state index is 0.288. The van der Waals surface area contributed by atoms with Crippen molar-refractivity contribution in [3.63, 3.8) is 0 Å². The van der Waals surface area contributed by atoms with Gasteiger partial charge in [-0.1, -0.05) is 13.0 Å². The molecule has 1 aliphatic rings. The van der Waals surface area contributed by atoms with Crippen LogP contribution in [0.3, 0.4) is 0 Å². The lowest BCUT2D eigenvalue weighted by Gasteiger charge is -2.13. The van der Waals surface area contributed by atoms with Gasteiger partial charge in [0.05, 0.1) is 7.11 Å². The van der Waals surface area contributed by atoms with Gasteiger partial charge < -0.3 is 10.1 Å². The highest BCUT2D eigenvalue weighted by Gasteiger charge is 2.39. The maximum absolute atomic E-state index is 13.4. The number of benzene rings is 1. The lowest BCUT2D eigenvalue weighted by atomic mass is 10.0. The van der Waals surface area contributed by atoms with E-state index in [0.29, 0.717) is 11.2 Å². The SMILES string of the molecule is CCC1(CNCc2ccc(OC)c(F)c2)CC1. The maximum atomic E-state index is 13.4. The first-order chi connectivity index (χ1) is 8.19. The van der Waals surface area contributed by atoms with Crippen molar-refractivity contribution in [1.82, 2.24) is 5.32 Å². The Labute approximate surface area is 102 Å². The topological polar surface area (TPSA) is 21.3 Å². The summed E-state index contributed by atoms with van der Waals surface area (Å²) < 4.78 is 18.3. The van der Waals surface area contributed by atoms with Gasteiger partial charge in [0.25, 0.3) is 0 Å². The predicted octanol–water partition coefficient (Wildman–Crippen LogP) is 3.11. The minimum Gasteiger partial charge on any atom is -0.494 e. The molecule has 0 atom stereocenters. The Morgan fingerprint density at radius 2 is 2.18 bits per heavy atom. The number of ether oxygens (including phenoxy) is 1. The quantitative estimate of drug-likeness (QED) is 0.820. The zero-order chi connectivity index (χ0) is 12.3. The molecule has 3 heteroatoms.